The summed E-state index contributed by atoms with van der Waals surface area (Å²) in [6.45, 7) is 1.60. The molecule has 3 heterocycles. The molecule has 4 N–H and O–H groups in total. The second kappa shape index (κ2) is 3.56. The van der Waals surface area contributed by atoms with Crippen molar-refractivity contribution in [3.8, 4) is 0 Å². The summed E-state index contributed by atoms with van der Waals surface area (Å²) in [5.41, 5.74) is 7.46. The predicted octanol–water partition coefficient (Wildman–Crippen LogP) is -1.70. The number of fused-ring (bicyclic) bond motifs is 3. The molecule has 0 saturated heterocycles. The Morgan fingerprint density at radius 3 is 3.12 bits per heavy atom. The predicted molar refractivity (Wildman–Crippen MR) is 58.2 cm³/mol. The second-order valence-corrected chi connectivity index (χ2v) is 4.27. The van der Waals surface area contributed by atoms with Gasteiger partial charge in [-0.15, -0.1) is 0 Å². The summed E-state index contributed by atoms with van der Waals surface area (Å²) < 4.78 is 1.61. The summed E-state index contributed by atoms with van der Waals surface area (Å²) in [7, 11) is 0. The van der Waals surface area contributed by atoms with Crippen LogP contribution in [-0.4, -0.2) is 34.7 Å². The SMILES string of the molecule is NC(=O)C1CNCc2c3c(nn21)CCNC3=O. The van der Waals surface area contributed by atoms with Gasteiger partial charge in [0.1, 0.15) is 6.04 Å². The smallest absolute Gasteiger partial charge is 0.255 e. The van der Waals surface area contributed by atoms with Crippen molar-refractivity contribution in [2.24, 2.45) is 5.73 Å². The van der Waals surface area contributed by atoms with Gasteiger partial charge < -0.3 is 16.4 Å². The average molecular weight is 235 g/mol. The Balaban J connectivity index is 2.14. The first-order chi connectivity index (χ1) is 8.18. The highest BCUT2D eigenvalue weighted by Gasteiger charge is 2.33. The first-order valence-corrected chi connectivity index (χ1v) is 5.57. The number of amides is 2. The Bertz CT molecular complexity index is 507. The van der Waals surface area contributed by atoms with Crippen molar-refractivity contribution >= 4 is 11.8 Å². The number of carbonyl (C=O) groups is 2. The van der Waals surface area contributed by atoms with Crippen molar-refractivity contribution in [3.05, 3.63) is 17.0 Å². The normalized spacial score (nSPS) is 22.6. The monoisotopic (exact) mass is 235 g/mol. The molecule has 0 saturated carbocycles. The fourth-order valence-electron chi connectivity index (χ4n) is 2.40. The van der Waals surface area contributed by atoms with Gasteiger partial charge in [-0.05, 0) is 0 Å². The van der Waals surface area contributed by atoms with Crippen molar-refractivity contribution in [1.82, 2.24) is 20.4 Å². The molecule has 0 radical (unpaired) electrons. The molecule has 1 unspecified atom stereocenters. The van der Waals surface area contributed by atoms with Gasteiger partial charge in [-0.1, -0.05) is 0 Å². The average Bonchev–Trinajstić information content (AvgIpc) is 2.67. The van der Waals surface area contributed by atoms with Gasteiger partial charge in [0.2, 0.25) is 5.91 Å². The van der Waals surface area contributed by atoms with Crippen LogP contribution in [0.3, 0.4) is 0 Å². The molecule has 0 bridgehead atoms. The van der Waals surface area contributed by atoms with E-state index in [1.165, 1.54) is 0 Å². The van der Waals surface area contributed by atoms with Crippen LogP contribution in [0.2, 0.25) is 0 Å². The minimum atomic E-state index is -0.503. The minimum Gasteiger partial charge on any atom is -0.368 e. The number of carbonyl (C=O) groups excluding carboxylic acids is 2. The zero-order chi connectivity index (χ0) is 12.0. The van der Waals surface area contributed by atoms with Gasteiger partial charge in [0.05, 0.1) is 17.0 Å². The largest absolute Gasteiger partial charge is 0.368 e. The molecular formula is C10H13N5O2. The molecule has 1 atom stereocenters. The maximum atomic E-state index is 11.8. The zero-order valence-electron chi connectivity index (χ0n) is 9.19. The van der Waals surface area contributed by atoms with E-state index < -0.39 is 11.9 Å². The Hall–Kier alpha value is -1.89. The molecule has 2 aliphatic rings. The van der Waals surface area contributed by atoms with Crippen LogP contribution in [0.4, 0.5) is 0 Å². The highest BCUT2D eigenvalue weighted by molar-refractivity contribution is 5.97. The molecule has 0 fully saturated rings. The van der Waals surface area contributed by atoms with E-state index in [9.17, 15) is 9.59 Å². The van der Waals surface area contributed by atoms with Crippen LogP contribution >= 0.6 is 0 Å². The van der Waals surface area contributed by atoms with E-state index in [0.29, 0.717) is 31.6 Å². The van der Waals surface area contributed by atoms with Gasteiger partial charge >= 0.3 is 0 Å². The number of nitrogens with two attached hydrogens (primary N) is 1. The van der Waals surface area contributed by atoms with Gasteiger partial charge in [-0.3, -0.25) is 14.3 Å². The van der Waals surface area contributed by atoms with E-state index in [0.717, 1.165) is 11.4 Å². The van der Waals surface area contributed by atoms with Crippen LogP contribution in [0, 0.1) is 0 Å². The second-order valence-electron chi connectivity index (χ2n) is 4.27. The van der Waals surface area contributed by atoms with Crippen LogP contribution < -0.4 is 16.4 Å². The molecule has 7 heteroatoms. The minimum absolute atomic E-state index is 0.112. The molecule has 0 aromatic carbocycles. The fourth-order valence-corrected chi connectivity index (χ4v) is 2.40. The topological polar surface area (TPSA) is 102 Å². The lowest BCUT2D eigenvalue weighted by molar-refractivity contribution is -0.121. The molecule has 1 aromatic rings. The molecule has 0 aliphatic carbocycles. The molecule has 0 spiro atoms. The van der Waals surface area contributed by atoms with Crippen molar-refractivity contribution in [3.63, 3.8) is 0 Å². The van der Waals surface area contributed by atoms with E-state index in [2.05, 4.69) is 15.7 Å². The lowest BCUT2D eigenvalue weighted by atomic mass is 10.0. The quantitative estimate of drug-likeness (QED) is 0.540. The molecule has 3 rings (SSSR count). The first-order valence-electron chi connectivity index (χ1n) is 5.57. The van der Waals surface area contributed by atoms with Crippen molar-refractivity contribution in [2.75, 3.05) is 13.1 Å². The third-order valence-electron chi connectivity index (χ3n) is 3.21. The number of primary amides is 1. The van der Waals surface area contributed by atoms with Crippen LogP contribution in [0.1, 0.15) is 27.8 Å². The van der Waals surface area contributed by atoms with E-state index in [1.807, 2.05) is 0 Å². The lowest BCUT2D eigenvalue weighted by Crippen LogP contribution is -2.41. The van der Waals surface area contributed by atoms with Gasteiger partial charge in [-0.25, -0.2) is 0 Å². The third kappa shape index (κ3) is 1.42. The summed E-state index contributed by atoms with van der Waals surface area (Å²) in [5.74, 6) is -0.543. The molecule has 2 aliphatic heterocycles. The van der Waals surface area contributed by atoms with Gasteiger partial charge in [0, 0.05) is 26.1 Å². The van der Waals surface area contributed by atoms with Crippen molar-refractivity contribution in [2.45, 2.75) is 19.0 Å². The Labute approximate surface area is 97.3 Å². The summed E-state index contributed by atoms with van der Waals surface area (Å²) >= 11 is 0. The van der Waals surface area contributed by atoms with Crippen LogP contribution in [0.5, 0.6) is 0 Å². The van der Waals surface area contributed by atoms with Crippen molar-refractivity contribution in [1.29, 1.82) is 0 Å². The zero-order valence-corrected chi connectivity index (χ0v) is 9.19. The molecule has 90 valence electrons. The van der Waals surface area contributed by atoms with Crippen LogP contribution in [-0.2, 0) is 17.8 Å². The van der Waals surface area contributed by atoms with Crippen LogP contribution in [0.15, 0.2) is 0 Å². The number of nitrogens with zero attached hydrogens (tertiary/aromatic N) is 2. The summed E-state index contributed by atoms with van der Waals surface area (Å²) in [6, 6.07) is -0.503. The highest BCUT2D eigenvalue weighted by atomic mass is 16.2. The van der Waals surface area contributed by atoms with E-state index in [-0.39, 0.29) is 5.91 Å². The molecule has 1 aromatic heterocycles. The molecule has 17 heavy (non-hydrogen) atoms. The molecular weight excluding hydrogens is 222 g/mol. The lowest BCUT2D eigenvalue weighted by Gasteiger charge is -2.23. The van der Waals surface area contributed by atoms with Crippen molar-refractivity contribution < 1.29 is 9.59 Å². The summed E-state index contributed by atoms with van der Waals surface area (Å²) in [5, 5.41) is 10.2. The Kier molecular flexibility index (Phi) is 2.15. The molecule has 7 nitrogen and oxygen atoms in total. The number of nitrogens with one attached hydrogen (secondary N) is 2. The molecule has 2 amide bonds. The Morgan fingerprint density at radius 1 is 1.53 bits per heavy atom. The standard InChI is InChI=1S/C10H13N5O2/c11-9(16)7-4-12-3-6-8-5(14-15(6)7)1-2-13-10(8)17/h7,12H,1-4H2,(H2,11,16)(H,13,17). The van der Waals surface area contributed by atoms with E-state index >= 15 is 0 Å². The first kappa shape index (κ1) is 10.3. The van der Waals surface area contributed by atoms with Gasteiger partial charge in [-0.2, -0.15) is 5.10 Å². The van der Waals surface area contributed by atoms with Gasteiger partial charge in [0.25, 0.3) is 5.91 Å². The maximum Gasteiger partial charge on any atom is 0.255 e. The number of hydrogen-bond donors (Lipinski definition) is 3. The van der Waals surface area contributed by atoms with Crippen LogP contribution in [0.25, 0.3) is 0 Å². The number of rotatable bonds is 1. The highest BCUT2D eigenvalue weighted by Crippen LogP contribution is 2.23. The summed E-state index contributed by atoms with van der Waals surface area (Å²) in [6.07, 6.45) is 0.701. The maximum absolute atomic E-state index is 11.8. The number of hydrogen-bond acceptors (Lipinski definition) is 4. The number of aromatic nitrogens is 2. The van der Waals surface area contributed by atoms with E-state index in [4.69, 9.17) is 5.73 Å². The van der Waals surface area contributed by atoms with Gasteiger partial charge in [0.15, 0.2) is 0 Å². The van der Waals surface area contributed by atoms with E-state index in [1.54, 1.807) is 4.68 Å². The third-order valence-corrected chi connectivity index (χ3v) is 3.21. The fraction of sp³-hybridized carbons (Fsp3) is 0.500. The summed E-state index contributed by atoms with van der Waals surface area (Å²) in [4.78, 5) is 23.1. The Morgan fingerprint density at radius 2 is 2.35 bits per heavy atom.